The van der Waals surface area contributed by atoms with Crippen LogP contribution in [-0.4, -0.2) is 24.5 Å². The van der Waals surface area contributed by atoms with Gasteiger partial charge < -0.3 is 18.9 Å². The molecule has 9 heteroatoms. The number of benzene rings is 3. The Morgan fingerprint density at radius 1 is 0.811 bits per heavy atom. The summed E-state index contributed by atoms with van der Waals surface area (Å²) >= 11 is 0. The average molecular weight is 510 g/mol. The summed E-state index contributed by atoms with van der Waals surface area (Å²) in [5.41, 5.74) is 1.01. The van der Waals surface area contributed by atoms with Gasteiger partial charge >= 0.3 is 17.9 Å². The minimum Gasteiger partial charge on any atom is -0.490 e. The molecular weight excluding hydrogens is 486 g/mol. The van der Waals surface area contributed by atoms with Gasteiger partial charge in [-0.25, -0.2) is 18.8 Å². The zero-order chi connectivity index (χ0) is 26.9. The molecule has 0 saturated carbocycles. The van der Waals surface area contributed by atoms with Gasteiger partial charge in [-0.3, -0.25) is 0 Å². The van der Waals surface area contributed by atoms with Gasteiger partial charge in [0.2, 0.25) is 5.83 Å². The topological polar surface area (TPSA) is 88.1 Å². The highest BCUT2D eigenvalue weighted by atomic mass is 19.1. The van der Waals surface area contributed by atoms with Crippen LogP contribution in [0.1, 0.15) is 46.0 Å². The maximum atomic E-state index is 14.6. The Bertz CT molecular complexity index is 1320. The Kier molecular flexibility index (Phi) is 9.10. The molecule has 0 bridgehead atoms. The van der Waals surface area contributed by atoms with Gasteiger partial charge in [0, 0.05) is 6.07 Å². The van der Waals surface area contributed by atoms with E-state index in [0.29, 0.717) is 6.61 Å². The number of ether oxygens (including phenoxy) is 4. The Labute approximate surface area is 212 Å². The van der Waals surface area contributed by atoms with Gasteiger partial charge in [-0.05, 0) is 55.8 Å². The van der Waals surface area contributed by atoms with Crippen LogP contribution >= 0.6 is 0 Å². The molecule has 0 heterocycles. The first-order valence-corrected chi connectivity index (χ1v) is 11.3. The lowest BCUT2D eigenvalue weighted by molar-refractivity contribution is -0.131. The Morgan fingerprint density at radius 3 is 2.11 bits per heavy atom. The van der Waals surface area contributed by atoms with E-state index in [-0.39, 0.29) is 34.1 Å². The number of rotatable bonds is 10. The van der Waals surface area contributed by atoms with Crippen LogP contribution in [0, 0.1) is 12.7 Å². The molecule has 0 saturated heterocycles. The third-order valence-electron chi connectivity index (χ3n) is 4.96. The molecule has 0 aliphatic heterocycles. The predicted octanol–water partition coefficient (Wildman–Crippen LogP) is 6.14. The van der Waals surface area contributed by atoms with Crippen LogP contribution in [0.4, 0.5) is 8.78 Å². The summed E-state index contributed by atoms with van der Waals surface area (Å²) in [5.74, 6) is -5.79. The van der Waals surface area contributed by atoms with E-state index in [9.17, 15) is 23.2 Å². The van der Waals surface area contributed by atoms with E-state index < -0.39 is 29.6 Å². The molecule has 3 aromatic carbocycles. The molecule has 0 radical (unpaired) electrons. The van der Waals surface area contributed by atoms with E-state index in [1.165, 1.54) is 18.2 Å². The smallest absolute Gasteiger partial charge is 0.372 e. The van der Waals surface area contributed by atoms with E-state index in [4.69, 9.17) is 18.9 Å². The number of halogens is 2. The number of hydrogen-bond acceptors (Lipinski definition) is 7. The summed E-state index contributed by atoms with van der Waals surface area (Å²) in [5, 5.41) is 0. The molecule has 0 atom stereocenters. The zero-order valence-electron chi connectivity index (χ0n) is 20.2. The highest BCUT2D eigenvalue weighted by Crippen LogP contribution is 2.33. The van der Waals surface area contributed by atoms with Crippen molar-refractivity contribution in [2.45, 2.75) is 26.7 Å². The predicted molar refractivity (Wildman–Crippen MR) is 130 cm³/mol. The highest BCUT2D eigenvalue weighted by molar-refractivity contribution is 5.93. The third-order valence-corrected chi connectivity index (χ3v) is 4.96. The molecule has 7 nitrogen and oxygen atoms in total. The summed E-state index contributed by atoms with van der Waals surface area (Å²) < 4.78 is 48.5. The molecule has 0 unspecified atom stereocenters. The van der Waals surface area contributed by atoms with Crippen molar-refractivity contribution in [3.63, 3.8) is 0 Å². The molecule has 0 spiro atoms. The molecule has 0 aromatic heterocycles. The third kappa shape index (κ3) is 7.47. The summed E-state index contributed by atoms with van der Waals surface area (Å²) in [6, 6.07) is 13.7. The molecule has 0 aliphatic rings. The van der Waals surface area contributed by atoms with Crippen molar-refractivity contribution in [3.8, 4) is 23.0 Å². The van der Waals surface area contributed by atoms with Crippen LogP contribution in [0.2, 0.25) is 0 Å². The van der Waals surface area contributed by atoms with Gasteiger partial charge in [0.1, 0.15) is 5.75 Å². The molecule has 192 valence electrons. The van der Waals surface area contributed by atoms with Gasteiger partial charge in [-0.1, -0.05) is 37.6 Å². The highest BCUT2D eigenvalue weighted by Gasteiger charge is 2.19. The Hall–Kier alpha value is -4.53. The van der Waals surface area contributed by atoms with Gasteiger partial charge in [0.05, 0.1) is 17.7 Å². The van der Waals surface area contributed by atoms with Crippen LogP contribution in [-0.2, 0) is 4.79 Å². The van der Waals surface area contributed by atoms with Crippen LogP contribution in [0.3, 0.4) is 0 Å². The number of hydrogen-bond donors (Lipinski definition) is 0. The average Bonchev–Trinajstić information content (AvgIpc) is 2.86. The first kappa shape index (κ1) is 27.1. The van der Waals surface area contributed by atoms with E-state index in [0.717, 1.165) is 36.6 Å². The first-order valence-electron chi connectivity index (χ1n) is 11.3. The van der Waals surface area contributed by atoms with Gasteiger partial charge in [0.25, 0.3) is 0 Å². The van der Waals surface area contributed by atoms with E-state index in [1.54, 1.807) is 24.3 Å². The van der Waals surface area contributed by atoms with Gasteiger partial charge in [-0.15, -0.1) is 0 Å². The second-order valence-corrected chi connectivity index (χ2v) is 7.90. The van der Waals surface area contributed by atoms with Crippen molar-refractivity contribution in [2.75, 3.05) is 6.61 Å². The first-order chi connectivity index (χ1) is 17.7. The summed E-state index contributed by atoms with van der Waals surface area (Å²) in [6.07, 6.45) is 1.58. The lowest BCUT2D eigenvalue weighted by atomic mass is 10.1. The number of carbonyl (C=O) groups excluding carboxylic acids is 3. The van der Waals surface area contributed by atoms with Crippen LogP contribution in [0.25, 0.3) is 0 Å². The second-order valence-electron chi connectivity index (χ2n) is 7.90. The van der Waals surface area contributed by atoms with Crippen LogP contribution < -0.4 is 18.9 Å². The molecule has 3 aromatic rings. The summed E-state index contributed by atoms with van der Waals surface area (Å²) in [6.45, 7) is 7.02. The van der Waals surface area contributed by atoms with Crippen molar-refractivity contribution in [1.82, 2.24) is 0 Å². The van der Waals surface area contributed by atoms with Crippen LogP contribution in [0.5, 0.6) is 23.0 Å². The fourth-order valence-electron chi connectivity index (χ4n) is 2.96. The van der Waals surface area contributed by atoms with E-state index in [2.05, 4.69) is 6.58 Å². The van der Waals surface area contributed by atoms with Crippen molar-refractivity contribution in [1.29, 1.82) is 0 Å². The lowest BCUT2D eigenvalue weighted by Gasteiger charge is -2.13. The van der Waals surface area contributed by atoms with E-state index in [1.807, 2.05) is 13.8 Å². The molecule has 0 fully saturated rings. The number of carbonyl (C=O) groups is 3. The quantitative estimate of drug-likeness (QED) is 0.140. The summed E-state index contributed by atoms with van der Waals surface area (Å²) in [4.78, 5) is 36.5. The molecule has 0 amide bonds. The van der Waals surface area contributed by atoms with Crippen LogP contribution in [0.15, 0.2) is 73.1 Å². The molecule has 0 aliphatic carbocycles. The van der Waals surface area contributed by atoms with Gasteiger partial charge in [-0.2, -0.15) is 4.39 Å². The van der Waals surface area contributed by atoms with E-state index >= 15 is 0 Å². The Balaban J connectivity index is 1.73. The molecule has 3 rings (SSSR count). The molecule has 37 heavy (non-hydrogen) atoms. The monoisotopic (exact) mass is 510 g/mol. The number of unbranched alkanes of at least 4 members (excludes halogenated alkanes) is 1. The maximum Gasteiger partial charge on any atom is 0.372 e. The number of esters is 3. The fourth-order valence-corrected chi connectivity index (χ4v) is 2.96. The molecule has 0 N–H and O–H groups in total. The number of aryl methyl sites for hydroxylation is 1. The standard InChI is InChI=1S/C28H24F2O7/c1-4-5-14-34-24-13-11-21(16-25(24)37-26(31)18(3)29)35-28(33)20-10-12-23(22(30)15-20)36-27(32)19-8-6-17(2)7-9-19/h6-13,15-16H,3-5,14H2,1-2H3. The normalized spacial score (nSPS) is 10.4. The van der Waals surface area contributed by atoms with Crippen molar-refractivity contribution < 1.29 is 42.1 Å². The zero-order valence-corrected chi connectivity index (χ0v) is 20.2. The van der Waals surface area contributed by atoms with Crippen molar-refractivity contribution >= 4 is 17.9 Å². The summed E-state index contributed by atoms with van der Waals surface area (Å²) in [7, 11) is 0. The fraction of sp³-hybridized carbons (Fsp3) is 0.179. The maximum absolute atomic E-state index is 14.6. The largest absolute Gasteiger partial charge is 0.490 e. The van der Waals surface area contributed by atoms with Crippen molar-refractivity contribution in [3.05, 3.63) is 95.6 Å². The lowest BCUT2D eigenvalue weighted by Crippen LogP contribution is -2.12. The van der Waals surface area contributed by atoms with Crippen molar-refractivity contribution in [2.24, 2.45) is 0 Å². The van der Waals surface area contributed by atoms with Gasteiger partial charge in [0.15, 0.2) is 23.1 Å². The minimum atomic E-state index is -1.33. The second kappa shape index (κ2) is 12.4. The molecular formula is C28H24F2O7. The SMILES string of the molecule is C=C(F)C(=O)Oc1cc(OC(=O)c2ccc(OC(=O)c3ccc(C)cc3)c(F)c2)ccc1OCCCC. The Morgan fingerprint density at radius 2 is 1.46 bits per heavy atom. The minimum absolute atomic E-state index is 0.0737.